The van der Waals surface area contributed by atoms with Gasteiger partial charge in [0.1, 0.15) is 0 Å². The van der Waals surface area contributed by atoms with Gasteiger partial charge < -0.3 is 27.4 Å². The molecule has 9 nitrogen and oxygen atoms in total. The first kappa shape index (κ1) is 26.1. The number of nitrogens with zero attached hydrogens (tertiary/aromatic N) is 1. The maximum atomic E-state index is 13.1. The van der Waals surface area contributed by atoms with Crippen LogP contribution in [-0.2, 0) is 17.5 Å². The summed E-state index contributed by atoms with van der Waals surface area (Å²) in [5, 5.41) is 7.71. The molecule has 0 spiro atoms. The molecule has 1 atom stereocenters. The Bertz CT molecular complexity index is 1130. The summed E-state index contributed by atoms with van der Waals surface area (Å²) in [4.78, 5) is 38.1. The molecular weight excluding hydrogens is 489 g/mol. The van der Waals surface area contributed by atoms with Crippen LogP contribution < -0.4 is 27.4 Å². The van der Waals surface area contributed by atoms with Gasteiger partial charge >= 0.3 is 12.2 Å². The number of primary amides is 1. The summed E-state index contributed by atoms with van der Waals surface area (Å²) in [7, 11) is 0. The average Bonchev–Trinajstić information content (AvgIpc) is 3.20. The summed E-state index contributed by atoms with van der Waals surface area (Å²) in [5.74, 6) is -1.48. The third-order valence-corrected chi connectivity index (χ3v) is 5.63. The highest BCUT2D eigenvalue weighted by Crippen LogP contribution is 2.32. The van der Waals surface area contributed by atoms with E-state index in [0.29, 0.717) is 48.9 Å². The molecule has 0 aromatic heterocycles. The lowest BCUT2D eigenvalue weighted by Crippen LogP contribution is -2.43. The summed E-state index contributed by atoms with van der Waals surface area (Å²) < 4.78 is 39.2. The first-order valence-electron chi connectivity index (χ1n) is 10.5. The van der Waals surface area contributed by atoms with Crippen molar-refractivity contribution in [2.24, 2.45) is 5.73 Å². The second-order valence-electron chi connectivity index (χ2n) is 8.06. The number of carbonyl (C=O) groups is 3. The number of hydrogen-bond donors (Lipinski definition) is 5. The van der Waals surface area contributed by atoms with Gasteiger partial charge in [-0.2, -0.15) is 13.2 Å². The predicted molar refractivity (Wildman–Crippen MR) is 125 cm³/mol. The van der Waals surface area contributed by atoms with E-state index >= 15 is 0 Å². The molecule has 1 aliphatic heterocycles. The summed E-state index contributed by atoms with van der Waals surface area (Å²) >= 11 is 5.92. The monoisotopic (exact) mass is 512 g/mol. The van der Waals surface area contributed by atoms with E-state index in [1.54, 1.807) is 12.1 Å². The van der Waals surface area contributed by atoms with Gasteiger partial charge in [-0.1, -0.05) is 17.7 Å². The van der Waals surface area contributed by atoms with Crippen molar-refractivity contribution in [2.75, 3.05) is 30.7 Å². The zero-order chi connectivity index (χ0) is 25.8. The van der Waals surface area contributed by atoms with E-state index in [1.165, 1.54) is 0 Å². The van der Waals surface area contributed by atoms with Crippen LogP contribution in [0.5, 0.6) is 0 Å². The molecule has 188 valence electrons. The van der Waals surface area contributed by atoms with E-state index in [2.05, 4.69) is 20.9 Å². The average molecular weight is 513 g/mol. The number of nitrogens with two attached hydrogens (primary N) is 2. The number of amides is 4. The third kappa shape index (κ3) is 7.23. The largest absolute Gasteiger partial charge is 0.416 e. The van der Waals surface area contributed by atoms with Gasteiger partial charge in [0.15, 0.2) is 0 Å². The summed E-state index contributed by atoms with van der Waals surface area (Å²) in [5.41, 5.74) is 10.7. The van der Waals surface area contributed by atoms with Crippen molar-refractivity contribution in [1.82, 2.24) is 15.5 Å². The number of anilines is 2. The van der Waals surface area contributed by atoms with Crippen LogP contribution in [-0.4, -0.2) is 48.4 Å². The number of halogens is 4. The first-order chi connectivity index (χ1) is 16.4. The number of carbonyl (C=O) groups excluding carboxylic acids is 3. The van der Waals surface area contributed by atoms with Crippen molar-refractivity contribution in [3.05, 3.63) is 58.1 Å². The standard InChI is InChI=1S/C22H24ClF3N6O3/c23-14-3-1-12(17(27)8-14)10-32-6-5-15(11-32)30-19(33)9-29-20(34)16-7-13(22(24,25)26)2-4-18(16)31-21(28)35/h1-4,7-8,15H,5-6,9-11,27H2,(H,29,34)(H,30,33)(H3,28,31,35)/t15-/m1/s1. The van der Waals surface area contributed by atoms with Gasteiger partial charge in [-0.3, -0.25) is 14.5 Å². The molecule has 35 heavy (non-hydrogen) atoms. The Morgan fingerprint density at radius 1 is 1.14 bits per heavy atom. The molecule has 1 heterocycles. The van der Waals surface area contributed by atoms with Crippen LogP contribution in [0.25, 0.3) is 0 Å². The molecule has 1 aliphatic rings. The van der Waals surface area contributed by atoms with Crippen molar-refractivity contribution < 1.29 is 27.6 Å². The molecule has 2 aromatic carbocycles. The van der Waals surface area contributed by atoms with Gasteiger partial charge in [0.2, 0.25) is 5.91 Å². The Kier molecular flexibility index (Phi) is 8.07. The number of benzene rings is 2. The number of likely N-dealkylation sites (tertiary alicyclic amines) is 1. The Balaban J connectivity index is 1.55. The van der Waals surface area contributed by atoms with Crippen LogP contribution in [0, 0.1) is 0 Å². The van der Waals surface area contributed by atoms with Crippen LogP contribution in [0.4, 0.5) is 29.3 Å². The lowest BCUT2D eigenvalue weighted by atomic mass is 10.1. The number of rotatable bonds is 7. The quantitative estimate of drug-likeness (QED) is 0.362. The predicted octanol–water partition coefficient (Wildman–Crippen LogP) is 2.55. The maximum Gasteiger partial charge on any atom is 0.416 e. The van der Waals surface area contributed by atoms with Gasteiger partial charge in [-0.05, 0) is 42.3 Å². The fraction of sp³-hybridized carbons (Fsp3) is 0.318. The number of nitrogens with one attached hydrogen (secondary N) is 3. The van der Waals surface area contributed by atoms with Crippen LogP contribution in [0.15, 0.2) is 36.4 Å². The number of alkyl halides is 3. The van der Waals surface area contributed by atoms with E-state index in [4.69, 9.17) is 23.1 Å². The third-order valence-electron chi connectivity index (χ3n) is 5.40. The second kappa shape index (κ2) is 10.8. The van der Waals surface area contributed by atoms with Gasteiger partial charge in [0, 0.05) is 36.4 Å². The molecule has 2 aromatic rings. The molecule has 0 radical (unpaired) electrons. The van der Waals surface area contributed by atoms with Crippen LogP contribution in [0.1, 0.15) is 27.9 Å². The fourth-order valence-electron chi connectivity index (χ4n) is 3.73. The molecule has 3 rings (SSSR count). The second-order valence-corrected chi connectivity index (χ2v) is 8.50. The first-order valence-corrected chi connectivity index (χ1v) is 10.9. The van der Waals surface area contributed by atoms with E-state index in [1.807, 2.05) is 6.07 Å². The van der Waals surface area contributed by atoms with E-state index < -0.39 is 41.7 Å². The summed E-state index contributed by atoms with van der Waals surface area (Å²) in [6.07, 6.45) is -4.03. The zero-order valence-corrected chi connectivity index (χ0v) is 19.2. The topological polar surface area (TPSA) is 143 Å². The lowest BCUT2D eigenvalue weighted by molar-refractivity contribution is -0.137. The smallest absolute Gasteiger partial charge is 0.398 e. The van der Waals surface area contributed by atoms with Crippen molar-refractivity contribution in [1.29, 1.82) is 0 Å². The molecule has 0 saturated carbocycles. The summed E-state index contributed by atoms with van der Waals surface area (Å²) in [6.45, 7) is 1.39. The molecule has 0 unspecified atom stereocenters. The fourth-order valence-corrected chi connectivity index (χ4v) is 3.91. The molecular formula is C22H24ClF3N6O3. The Labute approximate surface area is 204 Å². The molecule has 13 heteroatoms. The minimum absolute atomic E-state index is 0.173. The molecule has 1 saturated heterocycles. The highest BCUT2D eigenvalue weighted by atomic mass is 35.5. The van der Waals surface area contributed by atoms with Crippen molar-refractivity contribution >= 4 is 40.8 Å². The lowest BCUT2D eigenvalue weighted by Gasteiger charge is -2.18. The molecule has 7 N–H and O–H groups in total. The van der Waals surface area contributed by atoms with Crippen molar-refractivity contribution in [3.63, 3.8) is 0 Å². The summed E-state index contributed by atoms with van der Waals surface area (Å²) in [6, 6.07) is 6.24. The highest BCUT2D eigenvalue weighted by molar-refractivity contribution is 6.30. The minimum Gasteiger partial charge on any atom is -0.398 e. The molecule has 4 amide bonds. The van der Waals surface area contributed by atoms with Crippen molar-refractivity contribution in [2.45, 2.75) is 25.2 Å². The Morgan fingerprint density at radius 3 is 2.54 bits per heavy atom. The van der Waals surface area contributed by atoms with Crippen molar-refractivity contribution in [3.8, 4) is 0 Å². The van der Waals surface area contributed by atoms with Gasteiger partial charge in [-0.25, -0.2) is 4.79 Å². The van der Waals surface area contributed by atoms with E-state index in [0.717, 1.165) is 11.6 Å². The normalized spacial score (nSPS) is 16.1. The maximum absolute atomic E-state index is 13.1. The minimum atomic E-state index is -4.71. The number of urea groups is 1. The SMILES string of the molecule is NC(=O)Nc1ccc(C(F)(F)F)cc1C(=O)NCC(=O)N[C@@H]1CCN(Cc2ccc(Cl)cc2N)C1. The number of nitrogen functional groups attached to an aromatic ring is 1. The van der Waals surface area contributed by atoms with Crippen LogP contribution in [0.2, 0.25) is 5.02 Å². The Hall–Kier alpha value is -3.51. The van der Waals surface area contributed by atoms with Gasteiger partial charge in [-0.15, -0.1) is 0 Å². The van der Waals surface area contributed by atoms with Gasteiger partial charge in [0.25, 0.3) is 5.91 Å². The van der Waals surface area contributed by atoms with E-state index in [-0.39, 0.29) is 11.7 Å². The molecule has 0 aliphatic carbocycles. The van der Waals surface area contributed by atoms with Crippen LogP contribution >= 0.6 is 11.6 Å². The highest BCUT2D eigenvalue weighted by Gasteiger charge is 2.32. The Morgan fingerprint density at radius 2 is 1.89 bits per heavy atom. The van der Waals surface area contributed by atoms with Crippen LogP contribution in [0.3, 0.4) is 0 Å². The molecule has 0 bridgehead atoms. The van der Waals surface area contributed by atoms with E-state index in [9.17, 15) is 27.6 Å². The van der Waals surface area contributed by atoms with Gasteiger partial charge in [0.05, 0.1) is 23.4 Å². The number of hydrogen-bond acceptors (Lipinski definition) is 5. The zero-order valence-electron chi connectivity index (χ0n) is 18.4. The molecule has 1 fully saturated rings.